The summed E-state index contributed by atoms with van der Waals surface area (Å²) in [5.74, 6) is 1.62. The van der Waals surface area contributed by atoms with E-state index in [1.165, 1.54) is 0 Å². The lowest BCUT2D eigenvalue weighted by atomic mass is 10.0. The molecule has 4 rings (SSSR count). The molecule has 140 valence electrons. The Balaban J connectivity index is 1.40. The van der Waals surface area contributed by atoms with E-state index in [9.17, 15) is 4.79 Å². The number of aromatic nitrogens is 4. The number of hydrogen-bond acceptors (Lipinski definition) is 7. The molecule has 27 heavy (non-hydrogen) atoms. The highest BCUT2D eigenvalue weighted by Crippen LogP contribution is 2.29. The van der Waals surface area contributed by atoms with E-state index in [0.717, 1.165) is 25.0 Å². The molecule has 2 amide bonds. The zero-order valence-corrected chi connectivity index (χ0v) is 15.0. The van der Waals surface area contributed by atoms with Gasteiger partial charge in [0.15, 0.2) is 11.6 Å². The van der Waals surface area contributed by atoms with Gasteiger partial charge in [-0.15, -0.1) is 0 Å². The second-order valence-corrected chi connectivity index (χ2v) is 6.44. The van der Waals surface area contributed by atoms with E-state index in [0.29, 0.717) is 29.7 Å². The van der Waals surface area contributed by atoms with Crippen LogP contribution < -0.4 is 5.32 Å². The number of urea groups is 1. The fraction of sp³-hybridized carbons (Fsp3) is 0.389. The lowest BCUT2D eigenvalue weighted by Gasteiger charge is -2.33. The van der Waals surface area contributed by atoms with Crippen molar-refractivity contribution < 1.29 is 13.8 Å². The number of hydrogen-bond donors (Lipinski definition) is 1. The number of nitrogens with one attached hydrogen (secondary N) is 1. The van der Waals surface area contributed by atoms with Gasteiger partial charge in [-0.2, -0.15) is 4.98 Å². The summed E-state index contributed by atoms with van der Waals surface area (Å²) < 4.78 is 10.6. The molecule has 0 bridgehead atoms. The summed E-state index contributed by atoms with van der Waals surface area (Å²) in [4.78, 5) is 23.0. The molecule has 0 unspecified atom stereocenters. The van der Waals surface area contributed by atoms with E-state index in [1.54, 1.807) is 24.1 Å². The first-order chi connectivity index (χ1) is 13.2. The molecule has 1 N–H and O–H groups in total. The van der Waals surface area contributed by atoms with Crippen LogP contribution in [0.4, 0.5) is 4.79 Å². The number of rotatable bonds is 4. The van der Waals surface area contributed by atoms with Crippen LogP contribution in [-0.2, 0) is 6.54 Å². The van der Waals surface area contributed by atoms with Gasteiger partial charge >= 0.3 is 6.03 Å². The number of aryl methyl sites for hydroxylation is 1. The molecule has 1 aliphatic rings. The molecule has 0 aliphatic carbocycles. The number of likely N-dealkylation sites (tertiary alicyclic amines) is 1. The third-order valence-corrected chi connectivity index (χ3v) is 4.49. The second-order valence-electron chi connectivity index (χ2n) is 6.44. The van der Waals surface area contributed by atoms with Gasteiger partial charge in [0.25, 0.3) is 0 Å². The molecule has 0 spiro atoms. The summed E-state index contributed by atoms with van der Waals surface area (Å²) in [6, 6.07) is 6.96. The first-order valence-corrected chi connectivity index (χ1v) is 8.92. The fourth-order valence-corrected chi connectivity index (χ4v) is 3.18. The average molecular weight is 368 g/mol. The Morgan fingerprint density at radius 3 is 2.96 bits per heavy atom. The largest absolute Gasteiger partial charge is 0.359 e. The number of carbonyl (C=O) groups excluding carboxylic acids is 1. The summed E-state index contributed by atoms with van der Waals surface area (Å²) in [7, 11) is 0. The Labute approximate surface area is 155 Å². The van der Waals surface area contributed by atoms with Gasteiger partial charge < -0.3 is 19.3 Å². The minimum absolute atomic E-state index is 0.189. The first-order valence-electron chi connectivity index (χ1n) is 8.92. The highest BCUT2D eigenvalue weighted by atomic mass is 16.5. The van der Waals surface area contributed by atoms with Crippen LogP contribution in [-0.4, -0.2) is 37.8 Å². The Morgan fingerprint density at radius 1 is 1.26 bits per heavy atom. The van der Waals surface area contributed by atoms with Gasteiger partial charge in [-0.25, -0.2) is 4.79 Å². The Kier molecular flexibility index (Phi) is 4.82. The summed E-state index contributed by atoms with van der Waals surface area (Å²) in [6.45, 7) is 2.65. The average Bonchev–Trinajstić information content (AvgIpc) is 3.36. The molecule has 1 aliphatic heterocycles. The summed E-state index contributed by atoms with van der Waals surface area (Å²) >= 11 is 0. The van der Waals surface area contributed by atoms with Crippen molar-refractivity contribution in [2.75, 3.05) is 6.54 Å². The molecule has 9 heteroatoms. The molecular formula is C18H20N6O3. The molecule has 0 saturated carbocycles. The number of pyridine rings is 1. The van der Waals surface area contributed by atoms with Crippen LogP contribution in [0.5, 0.6) is 0 Å². The van der Waals surface area contributed by atoms with Gasteiger partial charge in [0.2, 0.25) is 5.89 Å². The van der Waals surface area contributed by atoms with Crippen molar-refractivity contribution in [2.24, 2.45) is 0 Å². The Bertz CT molecular complexity index is 907. The molecule has 1 saturated heterocycles. The zero-order chi connectivity index (χ0) is 18.6. The highest BCUT2D eigenvalue weighted by molar-refractivity contribution is 5.74. The van der Waals surface area contributed by atoms with E-state index in [1.807, 2.05) is 18.2 Å². The topological polar surface area (TPSA) is 110 Å². The normalized spacial score (nSPS) is 17.1. The minimum Gasteiger partial charge on any atom is -0.359 e. The Morgan fingerprint density at radius 2 is 2.19 bits per heavy atom. The van der Waals surface area contributed by atoms with Gasteiger partial charge in [0, 0.05) is 18.8 Å². The van der Waals surface area contributed by atoms with Gasteiger partial charge in [-0.1, -0.05) is 16.4 Å². The van der Waals surface area contributed by atoms with Crippen molar-refractivity contribution in [3.05, 3.63) is 47.9 Å². The van der Waals surface area contributed by atoms with E-state index in [2.05, 4.69) is 25.6 Å². The predicted octanol–water partition coefficient (Wildman–Crippen LogP) is 2.86. The van der Waals surface area contributed by atoms with E-state index < -0.39 is 0 Å². The van der Waals surface area contributed by atoms with Gasteiger partial charge in [-0.3, -0.25) is 4.98 Å². The maximum atomic E-state index is 12.7. The summed E-state index contributed by atoms with van der Waals surface area (Å²) in [6.07, 6.45) is 4.47. The summed E-state index contributed by atoms with van der Waals surface area (Å²) in [5.41, 5.74) is 1.36. The van der Waals surface area contributed by atoms with Crippen molar-refractivity contribution in [2.45, 2.75) is 38.8 Å². The van der Waals surface area contributed by atoms with Crippen molar-refractivity contribution in [3.63, 3.8) is 0 Å². The number of nitrogens with zero attached hydrogens (tertiary/aromatic N) is 5. The molecule has 3 aromatic rings. The van der Waals surface area contributed by atoms with Crippen LogP contribution in [0.15, 0.2) is 39.5 Å². The fourth-order valence-electron chi connectivity index (χ4n) is 3.18. The van der Waals surface area contributed by atoms with Crippen LogP contribution in [0.3, 0.4) is 0 Å². The monoisotopic (exact) mass is 368 g/mol. The molecule has 1 fully saturated rings. The highest BCUT2D eigenvalue weighted by Gasteiger charge is 2.32. The van der Waals surface area contributed by atoms with Crippen molar-refractivity contribution in [3.8, 4) is 11.4 Å². The molecular weight excluding hydrogens is 348 g/mol. The van der Waals surface area contributed by atoms with Gasteiger partial charge in [0.1, 0.15) is 11.7 Å². The van der Waals surface area contributed by atoms with Crippen LogP contribution in [0, 0.1) is 6.92 Å². The first kappa shape index (κ1) is 17.2. The van der Waals surface area contributed by atoms with Crippen molar-refractivity contribution in [1.82, 2.24) is 30.5 Å². The number of amides is 2. The molecule has 1 atom stereocenters. The van der Waals surface area contributed by atoms with Crippen LogP contribution in [0.25, 0.3) is 11.4 Å². The number of piperidine rings is 1. The standard InChI is InChI=1S/C18H20N6O3/c1-12-21-17(27-22-12)16-7-3-5-9-24(16)18(25)20-11-13-10-15(23-26-13)14-6-2-4-8-19-14/h2,4,6,8,10,16H,3,5,7,9,11H2,1H3,(H,20,25)/t16-/m0/s1. The SMILES string of the molecule is Cc1noc([C@@H]2CCCCN2C(=O)NCc2cc(-c3ccccn3)no2)n1. The second kappa shape index (κ2) is 7.56. The number of carbonyl (C=O) groups is 1. The van der Waals surface area contributed by atoms with Crippen molar-refractivity contribution in [1.29, 1.82) is 0 Å². The molecule has 4 heterocycles. The quantitative estimate of drug-likeness (QED) is 0.754. The third kappa shape index (κ3) is 3.81. The van der Waals surface area contributed by atoms with Gasteiger partial charge in [-0.05, 0) is 38.3 Å². The zero-order valence-electron chi connectivity index (χ0n) is 15.0. The van der Waals surface area contributed by atoms with Crippen LogP contribution in [0.1, 0.15) is 42.8 Å². The summed E-state index contributed by atoms with van der Waals surface area (Å²) in [5, 5.41) is 10.7. The van der Waals surface area contributed by atoms with Crippen LogP contribution >= 0.6 is 0 Å². The molecule has 3 aromatic heterocycles. The molecule has 0 aromatic carbocycles. The maximum absolute atomic E-state index is 12.7. The minimum atomic E-state index is -0.196. The Hall–Kier alpha value is -3.23. The molecule has 0 radical (unpaired) electrons. The third-order valence-electron chi connectivity index (χ3n) is 4.49. The lowest BCUT2D eigenvalue weighted by molar-refractivity contribution is 0.131. The smallest absolute Gasteiger partial charge is 0.318 e. The lowest BCUT2D eigenvalue weighted by Crippen LogP contribution is -2.44. The molecule has 9 nitrogen and oxygen atoms in total. The van der Waals surface area contributed by atoms with Crippen molar-refractivity contribution >= 4 is 6.03 Å². The van der Waals surface area contributed by atoms with E-state index in [-0.39, 0.29) is 18.6 Å². The van der Waals surface area contributed by atoms with Crippen LogP contribution in [0.2, 0.25) is 0 Å². The maximum Gasteiger partial charge on any atom is 0.318 e. The van der Waals surface area contributed by atoms with Gasteiger partial charge in [0.05, 0.1) is 12.2 Å². The predicted molar refractivity (Wildman–Crippen MR) is 94.3 cm³/mol. The van der Waals surface area contributed by atoms with E-state index >= 15 is 0 Å². The van der Waals surface area contributed by atoms with E-state index in [4.69, 9.17) is 9.05 Å².